The summed E-state index contributed by atoms with van der Waals surface area (Å²) in [5.41, 5.74) is 0.848. The molecule has 1 aliphatic carbocycles. The van der Waals surface area contributed by atoms with Crippen molar-refractivity contribution in [2.24, 2.45) is 0 Å². The topological polar surface area (TPSA) is 20.3 Å². The highest BCUT2D eigenvalue weighted by molar-refractivity contribution is 6.30. The number of benzene rings is 1. The third kappa shape index (κ3) is 3.07. The van der Waals surface area contributed by atoms with Crippen molar-refractivity contribution in [1.29, 1.82) is 0 Å². The Bertz CT molecular complexity index is 445. The first kappa shape index (κ1) is 15.5. The average molecular weight is 294 g/mol. The van der Waals surface area contributed by atoms with Gasteiger partial charge in [-0.15, -0.1) is 0 Å². The summed E-state index contributed by atoms with van der Waals surface area (Å²) >= 11 is 5.90. The summed E-state index contributed by atoms with van der Waals surface area (Å²) in [5, 5.41) is 0.723. The van der Waals surface area contributed by atoms with Crippen LogP contribution < -0.4 is 0 Å². The second kappa shape index (κ2) is 6.73. The lowest BCUT2D eigenvalue weighted by Gasteiger charge is -2.39. The van der Waals surface area contributed by atoms with E-state index in [1.54, 1.807) is 0 Å². The minimum atomic E-state index is -0.219. The number of likely N-dealkylation sites (N-methyl/N-ethyl adjacent to an activating group) is 1. The molecule has 0 atom stereocenters. The van der Waals surface area contributed by atoms with Gasteiger partial charge in [0, 0.05) is 11.4 Å². The molecule has 0 radical (unpaired) electrons. The molecule has 2 nitrogen and oxygen atoms in total. The van der Waals surface area contributed by atoms with Crippen molar-refractivity contribution in [1.82, 2.24) is 4.90 Å². The van der Waals surface area contributed by atoms with Gasteiger partial charge in [0.2, 0.25) is 0 Å². The van der Waals surface area contributed by atoms with Gasteiger partial charge < -0.3 is 0 Å². The van der Waals surface area contributed by atoms with Crippen molar-refractivity contribution in [3.63, 3.8) is 0 Å². The van der Waals surface area contributed by atoms with Crippen molar-refractivity contribution in [3.05, 3.63) is 34.9 Å². The summed E-state index contributed by atoms with van der Waals surface area (Å²) in [6.07, 6.45) is 4.89. The molecule has 0 bridgehead atoms. The van der Waals surface area contributed by atoms with Crippen LogP contribution in [0.2, 0.25) is 5.02 Å². The second-order valence-corrected chi connectivity index (χ2v) is 6.07. The van der Waals surface area contributed by atoms with E-state index in [1.807, 2.05) is 24.3 Å². The smallest absolute Gasteiger partial charge is 0.157 e. The number of rotatable bonds is 6. The van der Waals surface area contributed by atoms with Crippen LogP contribution in [0.1, 0.15) is 45.1 Å². The van der Waals surface area contributed by atoms with Crippen LogP contribution in [0.15, 0.2) is 24.3 Å². The standard InChI is InChI=1S/C17H24ClNO/c1-3-19(4-2)17(11-5-6-12-17)16(20)13-14-7-9-15(18)10-8-14/h7-10H,3-6,11-13H2,1-2H3. The fourth-order valence-electron chi connectivity index (χ4n) is 3.51. The molecule has 0 spiro atoms. The van der Waals surface area contributed by atoms with Crippen LogP contribution in [-0.4, -0.2) is 29.3 Å². The van der Waals surface area contributed by atoms with Gasteiger partial charge in [0.25, 0.3) is 0 Å². The van der Waals surface area contributed by atoms with E-state index in [1.165, 1.54) is 12.8 Å². The first-order chi connectivity index (χ1) is 9.62. The van der Waals surface area contributed by atoms with E-state index in [-0.39, 0.29) is 5.54 Å². The molecule has 1 aromatic carbocycles. The Morgan fingerprint density at radius 3 is 2.20 bits per heavy atom. The van der Waals surface area contributed by atoms with E-state index in [0.29, 0.717) is 12.2 Å². The lowest BCUT2D eigenvalue weighted by atomic mass is 9.86. The Labute approximate surface area is 127 Å². The lowest BCUT2D eigenvalue weighted by Crippen LogP contribution is -2.53. The minimum absolute atomic E-state index is 0.219. The zero-order valence-corrected chi connectivity index (χ0v) is 13.2. The van der Waals surface area contributed by atoms with Gasteiger partial charge in [-0.1, -0.05) is 50.4 Å². The number of nitrogens with zero attached hydrogens (tertiary/aromatic N) is 1. The number of Topliss-reactive ketones (excluding diaryl/α,β-unsaturated/α-hetero) is 1. The minimum Gasteiger partial charge on any atom is -0.297 e. The first-order valence-electron chi connectivity index (χ1n) is 7.65. The second-order valence-electron chi connectivity index (χ2n) is 5.64. The molecule has 1 fully saturated rings. The fraction of sp³-hybridized carbons (Fsp3) is 0.588. The summed E-state index contributed by atoms with van der Waals surface area (Å²) in [7, 11) is 0. The van der Waals surface area contributed by atoms with Gasteiger partial charge >= 0.3 is 0 Å². The number of ketones is 1. The Morgan fingerprint density at radius 1 is 1.15 bits per heavy atom. The highest BCUT2D eigenvalue weighted by Crippen LogP contribution is 2.37. The Hall–Kier alpha value is -0.860. The SMILES string of the molecule is CCN(CC)C1(C(=O)Cc2ccc(Cl)cc2)CCCC1. The molecule has 20 heavy (non-hydrogen) atoms. The van der Waals surface area contributed by atoms with Crippen LogP contribution in [0.3, 0.4) is 0 Å². The number of hydrogen-bond acceptors (Lipinski definition) is 2. The lowest BCUT2D eigenvalue weighted by molar-refractivity contribution is -0.130. The number of halogens is 1. The molecular formula is C17H24ClNO. The van der Waals surface area contributed by atoms with E-state index in [9.17, 15) is 4.79 Å². The predicted octanol–water partition coefficient (Wildman–Crippen LogP) is 4.11. The molecule has 2 rings (SSSR count). The molecule has 0 aromatic heterocycles. The van der Waals surface area contributed by atoms with Gasteiger partial charge in [-0.2, -0.15) is 0 Å². The summed E-state index contributed by atoms with van der Waals surface area (Å²) in [5.74, 6) is 0.376. The zero-order valence-electron chi connectivity index (χ0n) is 12.5. The number of carbonyl (C=O) groups excluding carboxylic acids is 1. The van der Waals surface area contributed by atoms with Gasteiger partial charge in [0.15, 0.2) is 5.78 Å². The molecule has 0 amide bonds. The highest BCUT2D eigenvalue weighted by atomic mass is 35.5. The molecule has 0 saturated heterocycles. The Balaban J connectivity index is 2.17. The number of hydrogen-bond donors (Lipinski definition) is 0. The normalized spacial score (nSPS) is 17.6. The maximum Gasteiger partial charge on any atom is 0.157 e. The third-order valence-electron chi connectivity index (χ3n) is 4.60. The molecule has 0 heterocycles. The first-order valence-corrected chi connectivity index (χ1v) is 8.03. The van der Waals surface area contributed by atoms with Crippen LogP contribution in [0.5, 0.6) is 0 Å². The summed E-state index contributed by atoms with van der Waals surface area (Å²) in [6.45, 7) is 6.20. The quantitative estimate of drug-likeness (QED) is 0.787. The largest absolute Gasteiger partial charge is 0.297 e. The summed E-state index contributed by atoms with van der Waals surface area (Å²) in [6, 6.07) is 7.65. The van der Waals surface area contributed by atoms with Gasteiger partial charge in [0.05, 0.1) is 5.54 Å². The summed E-state index contributed by atoms with van der Waals surface area (Å²) < 4.78 is 0. The van der Waals surface area contributed by atoms with Crippen molar-refractivity contribution < 1.29 is 4.79 Å². The third-order valence-corrected chi connectivity index (χ3v) is 4.85. The van der Waals surface area contributed by atoms with E-state index < -0.39 is 0 Å². The fourth-order valence-corrected chi connectivity index (χ4v) is 3.64. The van der Waals surface area contributed by atoms with Gasteiger partial charge in [0.1, 0.15) is 0 Å². The molecule has 3 heteroatoms. The van der Waals surface area contributed by atoms with Crippen LogP contribution in [0.4, 0.5) is 0 Å². The maximum atomic E-state index is 12.9. The van der Waals surface area contributed by atoms with Crippen LogP contribution in [-0.2, 0) is 11.2 Å². The van der Waals surface area contributed by atoms with Crippen molar-refractivity contribution in [2.45, 2.75) is 51.5 Å². The molecule has 1 aliphatic rings. The molecule has 110 valence electrons. The predicted molar refractivity (Wildman–Crippen MR) is 84.3 cm³/mol. The van der Waals surface area contributed by atoms with E-state index >= 15 is 0 Å². The Morgan fingerprint density at radius 2 is 1.70 bits per heavy atom. The van der Waals surface area contributed by atoms with E-state index in [0.717, 1.165) is 36.5 Å². The maximum absolute atomic E-state index is 12.9. The van der Waals surface area contributed by atoms with Gasteiger partial charge in [-0.25, -0.2) is 0 Å². The molecule has 1 aromatic rings. The van der Waals surface area contributed by atoms with E-state index in [2.05, 4.69) is 18.7 Å². The number of carbonyl (C=O) groups is 1. The molecule has 0 aliphatic heterocycles. The van der Waals surface area contributed by atoms with Gasteiger partial charge in [-0.05, 0) is 43.6 Å². The molecule has 0 N–H and O–H groups in total. The van der Waals surface area contributed by atoms with Crippen molar-refractivity contribution in [3.8, 4) is 0 Å². The van der Waals surface area contributed by atoms with Crippen LogP contribution in [0, 0.1) is 0 Å². The van der Waals surface area contributed by atoms with Crippen LogP contribution in [0.25, 0.3) is 0 Å². The van der Waals surface area contributed by atoms with E-state index in [4.69, 9.17) is 11.6 Å². The summed E-state index contributed by atoms with van der Waals surface area (Å²) in [4.78, 5) is 15.3. The van der Waals surface area contributed by atoms with Gasteiger partial charge in [-0.3, -0.25) is 9.69 Å². The molecule has 1 saturated carbocycles. The zero-order chi connectivity index (χ0) is 14.6. The average Bonchev–Trinajstić information content (AvgIpc) is 2.93. The molecular weight excluding hydrogens is 270 g/mol. The van der Waals surface area contributed by atoms with Crippen molar-refractivity contribution in [2.75, 3.05) is 13.1 Å². The highest BCUT2D eigenvalue weighted by Gasteiger charge is 2.44. The van der Waals surface area contributed by atoms with Crippen LogP contribution >= 0.6 is 11.6 Å². The Kier molecular flexibility index (Phi) is 5.22. The van der Waals surface area contributed by atoms with Crippen molar-refractivity contribution >= 4 is 17.4 Å². The monoisotopic (exact) mass is 293 g/mol. The molecule has 0 unspecified atom stereocenters.